The van der Waals surface area contributed by atoms with Crippen LogP contribution in [0.2, 0.25) is 0 Å². The first-order valence-electron chi connectivity index (χ1n) is 11.7. The van der Waals surface area contributed by atoms with Crippen LogP contribution >= 0.6 is 0 Å². The van der Waals surface area contributed by atoms with Gasteiger partial charge in [0.15, 0.2) is 5.82 Å². The Hall–Kier alpha value is -3.07. The molecule has 2 aromatic heterocycles. The highest BCUT2D eigenvalue weighted by Crippen LogP contribution is 2.29. The fourth-order valence-corrected chi connectivity index (χ4v) is 5.27. The Bertz CT molecular complexity index is 1350. The second-order valence-electron chi connectivity index (χ2n) is 8.61. The lowest BCUT2D eigenvalue weighted by molar-refractivity contribution is -0.0560. The number of alkyl halides is 3. The van der Waals surface area contributed by atoms with E-state index in [0.717, 1.165) is 24.3 Å². The van der Waals surface area contributed by atoms with Crippen molar-refractivity contribution in [3.8, 4) is 11.3 Å². The van der Waals surface area contributed by atoms with E-state index in [2.05, 4.69) is 20.2 Å². The number of hydrogen-bond donors (Lipinski definition) is 1. The molecule has 0 bridgehead atoms. The van der Waals surface area contributed by atoms with Crippen LogP contribution in [0.5, 0.6) is 0 Å². The Morgan fingerprint density at radius 3 is 2.49 bits per heavy atom. The first-order chi connectivity index (χ1) is 17.7. The van der Waals surface area contributed by atoms with Crippen LogP contribution in [0, 0.1) is 0 Å². The summed E-state index contributed by atoms with van der Waals surface area (Å²) in [6.07, 6.45) is 2.26. The molecule has 1 N–H and O–H groups in total. The summed E-state index contributed by atoms with van der Waals surface area (Å²) < 4.78 is 73.9. The molecule has 3 aromatic rings. The standard InChI is InChI=1S/C23H25F3N6O4S/c24-23(25,26)37(33,34)32-9-12-36-18(15-32)14-29-22-21-20(27-5-6-28-21)13-19(30-22)16-1-3-17(4-2-16)31-7-10-35-11-8-31/h1-6,13,18H,7-12,14-15H2,(H,29,30)/t18-/m1/s1. The lowest BCUT2D eigenvalue weighted by Gasteiger charge is -2.32. The summed E-state index contributed by atoms with van der Waals surface area (Å²) in [7, 11) is -5.43. The van der Waals surface area contributed by atoms with E-state index in [1.165, 1.54) is 6.20 Å². The number of sulfonamides is 1. The minimum Gasteiger partial charge on any atom is -0.378 e. The highest BCUT2D eigenvalue weighted by Gasteiger charge is 2.51. The summed E-state index contributed by atoms with van der Waals surface area (Å²) in [5, 5.41) is 3.08. The smallest absolute Gasteiger partial charge is 0.378 e. The number of hydrogen-bond acceptors (Lipinski definition) is 9. The normalized spacial score (nSPS) is 19.8. The van der Waals surface area contributed by atoms with E-state index in [1.54, 1.807) is 6.20 Å². The first kappa shape index (κ1) is 25.6. The van der Waals surface area contributed by atoms with Gasteiger partial charge >= 0.3 is 15.5 Å². The van der Waals surface area contributed by atoms with Gasteiger partial charge in [-0.3, -0.25) is 4.98 Å². The molecule has 2 aliphatic rings. The van der Waals surface area contributed by atoms with Gasteiger partial charge in [-0.1, -0.05) is 12.1 Å². The number of morpholine rings is 2. The maximum atomic E-state index is 13.0. The van der Waals surface area contributed by atoms with Gasteiger partial charge in [-0.25, -0.2) is 18.4 Å². The zero-order chi connectivity index (χ0) is 26.0. The molecule has 0 saturated carbocycles. The average Bonchev–Trinajstić information content (AvgIpc) is 2.91. The zero-order valence-electron chi connectivity index (χ0n) is 19.7. The second kappa shape index (κ2) is 10.4. The molecule has 2 fully saturated rings. The van der Waals surface area contributed by atoms with Gasteiger partial charge in [0.1, 0.15) is 5.52 Å². The summed E-state index contributed by atoms with van der Waals surface area (Å²) >= 11 is 0. The molecule has 0 unspecified atom stereocenters. The third kappa shape index (κ3) is 5.46. The number of fused-ring (bicyclic) bond motifs is 1. The van der Waals surface area contributed by atoms with Crippen molar-refractivity contribution < 1.29 is 31.1 Å². The molecule has 1 atom stereocenters. The fourth-order valence-electron chi connectivity index (χ4n) is 4.30. The second-order valence-corrected chi connectivity index (χ2v) is 10.5. The minimum absolute atomic E-state index is 0.0297. The summed E-state index contributed by atoms with van der Waals surface area (Å²) in [5.74, 6) is 0.372. The van der Waals surface area contributed by atoms with Gasteiger partial charge in [0.25, 0.3) is 0 Å². The van der Waals surface area contributed by atoms with Crippen LogP contribution in [-0.4, -0.2) is 91.8 Å². The van der Waals surface area contributed by atoms with E-state index in [-0.39, 0.29) is 19.7 Å². The maximum absolute atomic E-state index is 13.0. The van der Waals surface area contributed by atoms with Gasteiger partial charge in [0.2, 0.25) is 0 Å². The Kier molecular flexibility index (Phi) is 7.16. The number of nitrogens with one attached hydrogen (secondary N) is 1. The summed E-state index contributed by atoms with van der Waals surface area (Å²) in [4.78, 5) is 15.6. The molecular formula is C23H25F3N6O4S. The number of rotatable bonds is 6. The Morgan fingerprint density at radius 1 is 1.03 bits per heavy atom. The monoisotopic (exact) mass is 538 g/mol. The summed E-state index contributed by atoms with van der Waals surface area (Å²) in [5.41, 5.74) is -1.73. The van der Waals surface area contributed by atoms with Gasteiger partial charge < -0.3 is 19.7 Å². The van der Waals surface area contributed by atoms with Crippen molar-refractivity contribution in [1.82, 2.24) is 19.3 Å². The number of halogens is 3. The lowest BCUT2D eigenvalue weighted by Crippen LogP contribution is -2.51. The maximum Gasteiger partial charge on any atom is 0.511 e. The molecule has 14 heteroatoms. The molecule has 0 amide bonds. The van der Waals surface area contributed by atoms with E-state index < -0.39 is 28.2 Å². The van der Waals surface area contributed by atoms with E-state index in [0.29, 0.717) is 40.1 Å². The number of anilines is 2. The molecule has 10 nitrogen and oxygen atoms in total. The van der Waals surface area contributed by atoms with Gasteiger partial charge in [0.05, 0.1) is 37.1 Å². The molecule has 2 aliphatic heterocycles. The molecule has 37 heavy (non-hydrogen) atoms. The van der Waals surface area contributed by atoms with Crippen LogP contribution in [0.1, 0.15) is 0 Å². The highest BCUT2D eigenvalue weighted by molar-refractivity contribution is 7.90. The predicted molar refractivity (Wildman–Crippen MR) is 131 cm³/mol. The topological polar surface area (TPSA) is 110 Å². The van der Waals surface area contributed by atoms with Crippen molar-refractivity contribution in [2.24, 2.45) is 0 Å². The van der Waals surface area contributed by atoms with Crippen LogP contribution in [0.4, 0.5) is 24.7 Å². The zero-order valence-corrected chi connectivity index (χ0v) is 20.5. The molecule has 198 valence electrons. The van der Waals surface area contributed by atoms with Crippen LogP contribution in [0.15, 0.2) is 42.7 Å². The van der Waals surface area contributed by atoms with Crippen molar-refractivity contribution in [1.29, 1.82) is 0 Å². The number of benzene rings is 1. The predicted octanol–water partition coefficient (Wildman–Crippen LogP) is 2.49. The molecule has 2 saturated heterocycles. The van der Waals surface area contributed by atoms with E-state index in [1.807, 2.05) is 30.3 Å². The highest BCUT2D eigenvalue weighted by atomic mass is 32.2. The van der Waals surface area contributed by atoms with Gasteiger partial charge in [-0.15, -0.1) is 0 Å². The molecule has 1 aromatic carbocycles. The molecule has 5 rings (SSSR count). The Labute approximate surface area is 211 Å². The largest absolute Gasteiger partial charge is 0.511 e. The van der Waals surface area contributed by atoms with Crippen LogP contribution in [0.3, 0.4) is 0 Å². The fraction of sp³-hybridized carbons (Fsp3) is 0.435. The lowest BCUT2D eigenvalue weighted by atomic mass is 10.1. The van der Waals surface area contributed by atoms with E-state index >= 15 is 0 Å². The van der Waals surface area contributed by atoms with Crippen molar-refractivity contribution in [2.45, 2.75) is 11.6 Å². The van der Waals surface area contributed by atoms with Crippen LogP contribution in [-0.2, 0) is 19.5 Å². The number of aromatic nitrogens is 3. The molecule has 0 radical (unpaired) electrons. The summed E-state index contributed by atoms with van der Waals surface area (Å²) in [6, 6.07) is 9.77. The van der Waals surface area contributed by atoms with Gasteiger partial charge in [-0.2, -0.15) is 17.5 Å². The van der Waals surface area contributed by atoms with Gasteiger partial charge in [0, 0.05) is 56.4 Å². The minimum atomic E-state index is -5.43. The number of ether oxygens (including phenoxy) is 2. The first-order valence-corrected chi connectivity index (χ1v) is 13.1. The molecule has 4 heterocycles. The number of nitrogens with zero attached hydrogens (tertiary/aromatic N) is 5. The third-order valence-electron chi connectivity index (χ3n) is 6.23. The van der Waals surface area contributed by atoms with Crippen LogP contribution in [0.25, 0.3) is 22.3 Å². The van der Waals surface area contributed by atoms with Crippen molar-refractivity contribution >= 4 is 32.6 Å². The van der Waals surface area contributed by atoms with E-state index in [9.17, 15) is 21.6 Å². The number of pyridine rings is 1. The Morgan fingerprint density at radius 2 is 1.76 bits per heavy atom. The summed E-state index contributed by atoms with van der Waals surface area (Å²) in [6.45, 7) is 2.11. The van der Waals surface area contributed by atoms with Crippen LogP contribution < -0.4 is 10.2 Å². The third-order valence-corrected chi connectivity index (χ3v) is 7.82. The Balaban J connectivity index is 1.35. The molecule has 0 spiro atoms. The SMILES string of the molecule is O=S(=O)(N1CCO[C@H](CNc2nc(-c3ccc(N4CCOCC4)cc3)cc3nccnc23)C1)C(F)(F)F. The van der Waals surface area contributed by atoms with Crippen molar-refractivity contribution in [2.75, 3.05) is 62.8 Å². The van der Waals surface area contributed by atoms with Crippen molar-refractivity contribution in [3.63, 3.8) is 0 Å². The average molecular weight is 539 g/mol. The quantitative estimate of drug-likeness (QED) is 0.506. The van der Waals surface area contributed by atoms with E-state index in [4.69, 9.17) is 14.5 Å². The molecular weight excluding hydrogens is 513 g/mol. The van der Waals surface area contributed by atoms with Crippen molar-refractivity contribution in [3.05, 3.63) is 42.7 Å². The molecule has 0 aliphatic carbocycles. The van der Waals surface area contributed by atoms with Gasteiger partial charge in [-0.05, 0) is 18.2 Å².